The lowest BCUT2D eigenvalue weighted by atomic mass is 9.95. The van der Waals surface area contributed by atoms with Crippen molar-refractivity contribution in [2.24, 2.45) is 0 Å². The first kappa shape index (κ1) is 91.7. The minimum absolute atomic E-state index is 0.0396. The monoisotopic (exact) mass is 1710 g/mol. The van der Waals surface area contributed by atoms with Crippen LogP contribution in [0.5, 0.6) is 69.1 Å². The van der Waals surface area contributed by atoms with Gasteiger partial charge in [-0.3, -0.25) is 38.9 Å². The van der Waals surface area contributed by atoms with E-state index in [1.54, 1.807) is 172 Å². The van der Waals surface area contributed by atoms with Gasteiger partial charge in [0, 0.05) is 118 Å². The van der Waals surface area contributed by atoms with Crippen LogP contribution >= 0.6 is 0 Å². The van der Waals surface area contributed by atoms with Crippen LogP contribution in [-0.2, 0) is 39.6 Å². The van der Waals surface area contributed by atoms with Crippen molar-refractivity contribution >= 4 is 83.4 Å². The number of carbonyl (C=O) groups excluding carboxylic acids is 5. The highest BCUT2D eigenvalue weighted by molar-refractivity contribution is 6.18. The van der Waals surface area contributed by atoms with Crippen molar-refractivity contribution in [3.05, 3.63) is 314 Å². The molecule has 15 aromatic rings. The van der Waals surface area contributed by atoms with Gasteiger partial charge in [0.15, 0.2) is 57.6 Å². The number of nitrogens with zero attached hydrogens (tertiary/aromatic N) is 5. The van der Waals surface area contributed by atoms with Gasteiger partial charge in [-0.2, -0.15) is 0 Å². The van der Waals surface area contributed by atoms with E-state index in [0.29, 0.717) is 175 Å². The molecule has 28 heteroatoms. The van der Waals surface area contributed by atoms with Crippen LogP contribution in [-0.4, -0.2) is 170 Å². The summed E-state index contributed by atoms with van der Waals surface area (Å²) in [5.74, 6) is 4.21. The van der Waals surface area contributed by atoms with Crippen molar-refractivity contribution in [2.75, 3.05) is 85.3 Å². The van der Waals surface area contributed by atoms with E-state index in [9.17, 15) is 54.6 Å². The summed E-state index contributed by atoms with van der Waals surface area (Å²) in [6, 6.07) is 59.2. The number of ketones is 5. The van der Waals surface area contributed by atoms with Gasteiger partial charge in [-0.15, -0.1) is 0 Å². The van der Waals surface area contributed by atoms with Crippen LogP contribution in [0.3, 0.4) is 0 Å². The second-order valence-corrected chi connectivity index (χ2v) is 27.4. The molecule has 126 heavy (non-hydrogen) atoms. The molecule has 28 nitrogen and oxygen atoms in total. The van der Waals surface area contributed by atoms with Crippen molar-refractivity contribution in [2.45, 2.75) is 39.6 Å². The lowest BCUT2D eigenvalue weighted by Crippen LogP contribution is -2.07. The summed E-state index contributed by atoms with van der Waals surface area (Å²) in [6.07, 6.45) is 4.91. The fourth-order valence-electron chi connectivity index (χ4n) is 14.0. The largest absolute Gasteiger partial charge is 0.496 e. The Hall–Kier alpha value is -15.0. The maximum atomic E-state index is 13.1. The van der Waals surface area contributed by atoms with Gasteiger partial charge in [0.1, 0.15) is 28.5 Å². The highest BCUT2D eigenvalue weighted by Gasteiger charge is 2.26. The molecule has 0 unspecified atom stereocenters. The van der Waals surface area contributed by atoms with Gasteiger partial charge in [-0.1, -0.05) is 60.7 Å². The molecule has 0 fully saturated rings. The molecule has 10 aromatic carbocycles. The number of hydrogen-bond acceptors (Lipinski definition) is 28. The molecular weight excluding hydrogens is 1620 g/mol. The molecule has 0 aliphatic heterocycles. The molecule has 0 atom stereocenters. The Balaban J connectivity index is 0.000000153. The summed E-state index contributed by atoms with van der Waals surface area (Å²) in [5.41, 5.74) is 10.9. The van der Waals surface area contributed by atoms with Gasteiger partial charge < -0.3 is 87.5 Å². The Morgan fingerprint density at radius 2 is 0.714 bits per heavy atom. The number of fused-ring (bicyclic) bond motifs is 5. The molecule has 0 spiro atoms. The predicted molar refractivity (Wildman–Crippen MR) is 472 cm³/mol. The van der Waals surface area contributed by atoms with Gasteiger partial charge in [-0.05, 0) is 156 Å². The lowest BCUT2D eigenvalue weighted by molar-refractivity contribution is 0.102. The maximum absolute atomic E-state index is 13.1. The van der Waals surface area contributed by atoms with Crippen molar-refractivity contribution in [3.63, 3.8) is 0 Å². The van der Waals surface area contributed by atoms with Crippen LogP contribution in [0.2, 0.25) is 0 Å². The van der Waals surface area contributed by atoms with Gasteiger partial charge in [0.2, 0.25) is 23.2 Å². The minimum Gasteiger partial charge on any atom is -0.496 e. The molecule has 0 saturated carbocycles. The normalized spacial score (nSPS) is 10.7. The molecule has 0 saturated heterocycles. The smallest absolute Gasteiger partial charge is 0.213 e. The fraction of sp³-hybridized carbons (Fsp3) is 0.184. The first-order chi connectivity index (χ1) is 61.2. The summed E-state index contributed by atoms with van der Waals surface area (Å²) >= 11 is 0. The van der Waals surface area contributed by atoms with E-state index in [-0.39, 0.29) is 68.6 Å². The SMILES string of the molecule is COc1cc(C(=O)c2ccc3cc(CO)ccc3n2)cc(OC)c1OC.COc1cc(C(=O)c2ccc3cccnc3c2)cc(CO)c1CO.COc1cc(C(=O)c2cccc3cccnc23)cc(OC)c1OC.COc1cc(C(=O)c2ccnc3c(OC)cccc23)cc(CO)c1CO.COc1ccc2cc(C(=O)c3cc(CO)c(OC)c(OC)c3)ccc2n1. The topological polar surface area (TPSA) is 382 Å². The van der Waals surface area contributed by atoms with Crippen LogP contribution in [0.15, 0.2) is 225 Å². The highest BCUT2D eigenvalue weighted by atomic mass is 16.5. The number of benzene rings is 10. The number of aliphatic hydroxyl groups is 6. The second-order valence-electron chi connectivity index (χ2n) is 27.4. The van der Waals surface area contributed by atoms with E-state index >= 15 is 0 Å². The zero-order chi connectivity index (χ0) is 90.3. The number of para-hydroxylation sites is 2. The van der Waals surface area contributed by atoms with Gasteiger partial charge in [0.05, 0.1) is 147 Å². The molecule has 0 aliphatic rings. The summed E-state index contributed by atoms with van der Waals surface area (Å²) in [7, 11) is 18.1. The molecular formula is C98H91N5O23. The van der Waals surface area contributed by atoms with Crippen LogP contribution in [0, 0.1) is 0 Å². The zero-order valence-corrected chi connectivity index (χ0v) is 71.0. The molecule has 0 amide bonds. The van der Waals surface area contributed by atoms with Gasteiger partial charge in [0.25, 0.3) is 0 Å². The minimum atomic E-state index is -0.307. The molecule has 5 heterocycles. The predicted octanol–water partition coefficient (Wildman–Crippen LogP) is 14.4. The highest BCUT2D eigenvalue weighted by Crippen LogP contribution is 2.42. The first-order valence-corrected chi connectivity index (χ1v) is 38.8. The zero-order valence-electron chi connectivity index (χ0n) is 71.0. The standard InChI is InChI=1S/3C20H19NO5.2C19H17NO4/c1-24-17-10-14(9-15(11-22)20(17)26-3)19(23)13-4-6-16-12(8-13)5-7-18(21-16)25-2;1-24-17-9-14(10-18(25-2)20(17)26-3)19(23)16-7-5-13-8-12(11-22)4-6-15(13)21-16;1-25-17-5-3-4-14-15(6-7-21-19(14)17)20(24)12-8-13(10-22)16(11-23)18(9-12)26-2;1-22-15-10-13(11-16(23-2)19(15)24-3)18(21)14-8-4-6-12-7-5-9-20-17(12)14;1-24-18-9-14(7-15(10-21)16(18)11-22)19(23)13-5-4-12-3-2-6-20-17(12)8-13/h2*4-10,22H,11H2,1-3H3;3-9,22-23H,10-11H2,1-2H3;4-11H,1-3H3;2-9,21-22H,10-11H2,1H3. The van der Waals surface area contributed by atoms with Crippen molar-refractivity contribution in [1.82, 2.24) is 24.9 Å². The number of hydrogen-bond donors (Lipinski definition) is 6. The summed E-state index contributed by atoms with van der Waals surface area (Å²) in [4.78, 5) is 86.4. The Labute approximate surface area is 724 Å². The summed E-state index contributed by atoms with van der Waals surface area (Å²) in [6.45, 7) is -1.45. The molecule has 0 radical (unpaired) electrons. The quantitative estimate of drug-likeness (QED) is 0.0248. The van der Waals surface area contributed by atoms with E-state index in [4.69, 9.17) is 56.8 Å². The van der Waals surface area contributed by atoms with Crippen LogP contribution in [0.4, 0.5) is 0 Å². The first-order valence-electron chi connectivity index (χ1n) is 38.8. The lowest BCUT2D eigenvalue weighted by Gasteiger charge is -2.14. The average molecular weight is 1710 g/mol. The van der Waals surface area contributed by atoms with Crippen LogP contribution in [0.1, 0.15) is 113 Å². The maximum Gasteiger partial charge on any atom is 0.213 e. The van der Waals surface area contributed by atoms with Crippen molar-refractivity contribution in [3.8, 4) is 69.1 Å². The number of aromatic nitrogens is 5. The third-order valence-corrected chi connectivity index (χ3v) is 20.3. The third-order valence-electron chi connectivity index (χ3n) is 20.3. The van der Waals surface area contributed by atoms with Gasteiger partial charge in [-0.25, -0.2) is 9.97 Å². The van der Waals surface area contributed by atoms with Crippen LogP contribution in [0.25, 0.3) is 54.5 Å². The molecule has 5 aromatic heterocycles. The number of rotatable bonds is 28. The number of ether oxygens (including phenoxy) is 12. The second kappa shape index (κ2) is 43.1. The molecule has 0 bridgehead atoms. The average Bonchev–Trinajstić information content (AvgIpc) is 0.789. The van der Waals surface area contributed by atoms with Crippen molar-refractivity contribution in [1.29, 1.82) is 0 Å². The van der Waals surface area contributed by atoms with E-state index in [0.717, 1.165) is 38.1 Å². The summed E-state index contributed by atoms with van der Waals surface area (Å²) < 4.78 is 63.3. The molecule has 646 valence electrons. The summed E-state index contributed by atoms with van der Waals surface area (Å²) in [5, 5.41) is 61.1. The molecule has 15 rings (SSSR count). The van der Waals surface area contributed by atoms with E-state index < -0.39 is 0 Å². The number of methoxy groups -OCH3 is 12. The Morgan fingerprint density at radius 3 is 1.26 bits per heavy atom. The van der Waals surface area contributed by atoms with E-state index in [1.165, 1.54) is 71.1 Å². The Bertz CT molecular complexity index is 6220. The van der Waals surface area contributed by atoms with Gasteiger partial charge >= 0.3 is 0 Å². The Kier molecular flexibility index (Phi) is 31.4. The van der Waals surface area contributed by atoms with E-state index in [1.807, 2.05) is 66.7 Å². The van der Waals surface area contributed by atoms with E-state index in [2.05, 4.69) is 24.9 Å². The number of pyridine rings is 5. The Morgan fingerprint density at radius 1 is 0.270 bits per heavy atom. The fourth-order valence-corrected chi connectivity index (χ4v) is 14.0. The number of aliphatic hydroxyl groups excluding tert-OH is 6. The third kappa shape index (κ3) is 20.3. The molecule has 0 aliphatic carbocycles. The molecule has 6 N–H and O–H groups in total. The van der Waals surface area contributed by atoms with Crippen molar-refractivity contribution < 1.29 is 111 Å². The van der Waals surface area contributed by atoms with Crippen LogP contribution < -0.4 is 56.8 Å². The number of carbonyl (C=O) groups is 5.